The van der Waals surface area contributed by atoms with Gasteiger partial charge < -0.3 is 19.8 Å². The molecule has 4 rings (SSSR count). The number of carbonyl (C=O) groups is 2. The Hall–Kier alpha value is -3.99. The fraction of sp³-hybridized carbons (Fsp3) is 0.333. The zero-order valence-corrected chi connectivity index (χ0v) is 22.0. The normalized spacial score (nSPS) is 14.3. The van der Waals surface area contributed by atoms with E-state index in [1.54, 1.807) is 24.3 Å². The molecule has 0 saturated carbocycles. The van der Waals surface area contributed by atoms with E-state index in [-0.39, 0.29) is 23.3 Å². The van der Waals surface area contributed by atoms with Gasteiger partial charge in [0.25, 0.3) is 0 Å². The summed E-state index contributed by atoms with van der Waals surface area (Å²) in [5.41, 5.74) is 1.32. The molecule has 3 aromatic carbocycles. The molecule has 1 aliphatic heterocycles. The van der Waals surface area contributed by atoms with Crippen molar-refractivity contribution in [1.82, 2.24) is 4.90 Å². The number of nitrogens with zero attached hydrogens (tertiary/aromatic N) is 1. The van der Waals surface area contributed by atoms with Gasteiger partial charge in [-0.2, -0.15) is 13.2 Å². The second kappa shape index (κ2) is 14.6. The molecule has 0 unspecified atom stereocenters. The summed E-state index contributed by atoms with van der Waals surface area (Å²) in [5.74, 6) is -3.60. The number of carboxylic acids is 2. The Kier molecular flexibility index (Phi) is 11.2. The maximum Gasteiger partial charge on any atom is 0.416 e. The third-order valence-electron chi connectivity index (χ3n) is 6.79. The van der Waals surface area contributed by atoms with Gasteiger partial charge >= 0.3 is 18.1 Å². The van der Waals surface area contributed by atoms with Gasteiger partial charge in [0.1, 0.15) is 17.4 Å². The summed E-state index contributed by atoms with van der Waals surface area (Å²) < 4.78 is 71.1. The summed E-state index contributed by atoms with van der Waals surface area (Å²) >= 11 is 0. The topological polar surface area (TPSA) is 87.1 Å². The maximum absolute atomic E-state index is 13.5. The van der Waals surface area contributed by atoms with Gasteiger partial charge in [-0.25, -0.2) is 18.4 Å². The molecule has 2 N–H and O–H groups in total. The van der Waals surface area contributed by atoms with Crippen molar-refractivity contribution in [1.29, 1.82) is 0 Å². The second-order valence-electron chi connectivity index (χ2n) is 9.60. The zero-order chi connectivity index (χ0) is 30.0. The van der Waals surface area contributed by atoms with Crippen LogP contribution in [0.15, 0.2) is 72.8 Å². The van der Waals surface area contributed by atoms with Crippen molar-refractivity contribution in [2.75, 3.05) is 26.2 Å². The number of hydrogen-bond donors (Lipinski definition) is 2. The van der Waals surface area contributed by atoms with Crippen LogP contribution in [0.25, 0.3) is 0 Å². The summed E-state index contributed by atoms with van der Waals surface area (Å²) in [6.07, 6.45) is -1.80. The first-order valence-electron chi connectivity index (χ1n) is 12.9. The molecule has 41 heavy (non-hydrogen) atoms. The summed E-state index contributed by atoms with van der Waals surface area (Å²) in [6.45, 7) is 2.90. The van der Waals surface area contributed by atoms with Gasteiger partial charge in [0.15, 0.2) is 0 Å². The highest BCUT2D eigenvalue weighted by atomic mass is 19.4. The van der Waals surface area contributed by atoms with Crippen LogP contribution in [0.2, 0.25) is 0 Å². The van der Waals surface area contributed by atoms with Crippen LogP contribution in [0.4, 0.5) is 22.0 Å². The van der Waals surface area contributed by atoms with Gasteiger partial charge in [0, 0.05) is 12.5 Å². The molecule has 1 fully saturated rings. The van der Waals surface area contributed by atoms with Crippen LogP contribution in [-0.2, 0) is 15.8 Å². The summed E-state index contributed by atoms with van der Waals surface area (Å²) in [7, 11) is 0. The fourth-order valence-electron chi connectivity index (χ4n) is 4.83. The van der Waals surface area contributed by atoms with Gasteiger partial charge in [-0.15, -0.1) is 0 Å². The Balaban J connectivity index is 0.000000696. The Morgan fingerprint density at radius 1 is 0.854 bits per heavy atom. The van der Waals surface area contributed by atoms with Crippen LogP contribution >= 0.6 is 0 Å². The van der Waals surface area contributed by atoms with Crippen molar-refractivity contribution in [3.63, 3.8) is 0 Å². The van der Waals surface area contributed by atoms with Crippen molar-refractivity contribution < 1.29 is 46.5 Å². The molecule has 1 aliphatic rings. The van der Waals surface area contributed by atoms with Gasteiger partial charge in [-0.3, -0.25) is 0 Å². The van der Waals surface area contributed by atoms with Crippen molar-refractivity contribution >= 4 is 11.9 Å². The molecule has 1 heterocycles. The lowest BCUT2D eigenvalue weighted by Gasteiger charge is -2.36. The van der Waals surface area contributed by atoms with Crippen molar-refractivity contribution in [3.8, 4) is 5.75 Å². The minimum Gasteiger partial charge on any atom is -0.494 e. The van der Waals surface area contributed by atoms with Crippen LogP contribution in [0.5, 0.6) is 5.75 Å². The summed E-state index contributed by atoms with van der Waals surface area (Å²) in [6, 6.07) is 18.0. The molecule has 0 aromatic heterocycles. The van der Waals surface area contributed by atoms with E-state index in [1.165, 1.54) is 36.4 Å². The number of alkyl halides is 3. The lowest BCUT2D eigenvalue weighted by Crippen LogP contribution is -2.36. The van der Waals surface area contributed by atoms with Gasteiger partial charge in [-0.05, 0) is 91.9 Å². The predicted molar refractivity (Wildman–Crippen MR) is 141 cm³/mol. The van der Waals surface area contributed by atoms with E-state index in [1.807, 2.05) is 0 Å². The average Bonchev–Trinajstić information content (AvgIpc) is 2.94. The first-order chi connectivity index (χ1) is 19.4. The highest BCUT2D eigenvalue weighted by Gasteiger charge is 2.31. The number of aliphatic carboxylic acids is 2. The number of hydrogen-bond acceptors (Lipinski definition) is 4. The molecule has 11 heteroatoms. The van der Waals surface area contributed by atoms with Crippen LogP contribution in [0.1, 0.15) is 41.9 Å². The predicted octanol–water partition coefficient (Wildman–Crippen LogP) is 6.45. The zero-order valence-electron chi connectivity index (χ0n) is 22.0. The van der Waals surface area contributed by atoms with Crippen LogP contribution < -0.4 is 4.74 Å². The van der Waals surface area contributed by atoms with Crippen molar-refractivity contribution in [2.24, 2.45) is 5.92 Å². The Morgan fingerprint density at radius 2 is 1.37 bits per heavy atom. The fourth-order valence-corrected chi connectivity index (χ4v) is 4.83. The minimum atomic E-state index is -4.39. The van der Waals surface area contributed by atoms with Crippen LogP contribution in [-0.4, -0.2) is 53.3 Å². The van der Waals surface area contributed by atoms with Crippen LogP contribution in [0, 0.1) is 17.6 Å². The SMILES string of the molecule is Fc1ccc(C(c2ccc(F)cc2)C2CCN(CCCOc3cccc(C(F)(F)F)c3)CC2)cc1.O=C(O)C(=O)O. The van der Waals surface area contributed by atoms with E-state index < -0.39 is 23.7 Å². The Morgan fingerprint density at radius 3 is 1.83 bits per heavy atom. The molecule has 0 aliphatic carbocycles. The molecule has 0 bridgehead atoms. The minimum absolute atomic E-state index is 0.0580. The number of carboxylic acid groups (broad SMARTS) is 2. The molecule has 220 valence electrons. The smallest absolute Gasteiger partial charge is 0.416 e. The molecule has 0 atom stereocenters. The highest BCUT2D eigenvalue weighted by molar-refractivity contribution is 6.27. The monoisotopic (exact) mass is 579 g/mol. The van der Waals surface area contributed by atoms with Crippen molar-refractivity contribution in [3.05, 3.63) is 101 Å². The van der Waals surface area contributed by atoms with E-state index >= 15 is 0 Å². The van der Waals surface area contributed by atoms with E-state index in [2.05, 4.69) is 4.90 Å². The van der Waals surface area contributed by atoms with E-state index in [0.717, 1.165) is 55.7 Å². The molecule has 1 saturated heterocycles. The molecule has 0 radical (unpaired) electrons. The number of benzene rings is 3. The van der Waals surface area contributed by atoms with Crippen LogP contribution in [0.3, 0.4) is 0 Å². The van der Waals surface area contributed by atoms with E-state index in [0.29, 0.717) is 18.9 Å². The summed E-state index contributed by atoms with van der Waals surface area (Å²) in [5, 5.41) is 14.8. The van der Waals surface area contributed by atoms with Gasteiger partial charge in [0.05, 0.1) is 12.2 Å². The molecule has 3 aromatic rings. The number of halogens is 5. The highest BCUT2D eigenvalue weighted by Crippen LogP contribution is 2.38. The number of likely N-dealkylation sites (tertiary alicyclic amines) is 1. The van der Waals surface area contributed by atoms with E-state index in [4.69, 9.17) is 24.5 Å². The molecule has 0 spiro atoms. The average molecular weight is 580 g/mol. The quantitative estimate of drug-likeness (QED) is 0.181. The summed E-state index contributed by atoms with van der Waals surface area (Å²) in [4.78, 5) is 20.5. The molecular weight excluding hydrogens is 549 g/mol. The number of rotatable bonds is 8. The Labute approximate surface area is 234 Å². The molecule has 6 nitrogen and oxygen atoms in total. The number of piperidine rings is 1. The Bertz CT molecular complexity index is 1220. The lowest BCUT2D eigenvalue weighted by atomic mass is 9.76. The van der Waals surface area contributed by atoms with E-state index in [9.17, 15) is 22.0 Å². The second-order valence-corrected chi connectivity index (χ2v) is 9.60. The largest absolute Gasteiger partial charge is 0.494 e. The molecule has 0 amide bonds. The third-order valence-corrected chi connectivity index (χ3v) is 6.79. The maximum atomic E-state index is 13.5. The molecular formula is C30H30F5NO5. The van der Waals surface area contributed by atoms with Gasteiger partial charge in [-0.1, -0.05) is 30.3 Å². The lowest BCUT2D eigenvalue weighted by molar-refractivity contribution is -0.159. The third kappa shape index (κ3) is 9.86. The number of ether oxygens (including phenoxy) is 1. The standard InChI is InChI=1S/C28H28F5NO.C2H2O4/c29-24-9-5-20(6-10-24)27(21-7-11-25(30)12-8-21)22-13-16-34(17-14-22)15-2-18-35-26-4-1-3-23(19-26)28(31,32)33;3-1(4)2(5)6/h1,3-12,19,22,27H,2,13-18H2;(H,3,4)(H,5,6). The first-order valence-corrected chi connectivity index (χ1v) is 12.9. The van der Waals surface area contributed by atoms with Crippen molar-refractivity contribution in [2.45, 2.75) is 31.4 Å². The van der Waals surface area contributed by atoms with Gasteiger partial charge in [0.2, 0.25) is 0 Å². The first kappa shape index (κ1) is 31.5.